The molecule has 0 aromatic carbocycles. The molecule has 0 saturated carbocycles. The molecule has 0 atom stereocenters. The van der Waals surface area contributed by atoms with Crippen molar-refractivity contribution in [3.8, 4) is 0 Å². The molecule has 2 N–H and O–H groups in total. The van der Waals surface area contributed by atoms with E-state index in [1.807, 2.05) is 0 Å². The largest absolute Gasteiger partial charge is 0.365 e. The third-order valence-electron chi connectivity index (χ3n) is 1.45. The van der Waals surface area contributed by atoms with Gasteiger partial charge in [0.2, 0.25) is 0 Å². The third-order valence-corrected chi connectivity index (χ3v) is 2.50. The predicted octanol–water partition coefficient (Wildman–Crippen LogP) is 0.790. The van der Waals surface area contributed by atoms with E-state index in [1.54, 1.807) is 18.3 Å². The number of primary amides is 1. The van der Waals surface area contributed by atoms with Crippen LogP contribution in [0.15, 0.2) is 18.3 Å². The van der Waals surface area contributed by atoms with Gasteiger partial charge in [0.25, 0.3) is 5.91 Å². The highest BCUT2D eigenvalue weighted by atomic mass is 32.1. The van der Waals surface area contributed by atoms with Crippen LogP contribution in [0, 0.1) is 0 Å². The number of aromatic nitrogens is 2. The summed E-state index contributed by atoms with van der Waals surface area (Å²) < 4.78 is 0. The molecule has 0 aliphatic rings. The summed E-state index contributed by atoms with van der Waals surface area (Å²) >= 11 is 1.26. The normalized spacial score (nSPS) is 10.3. The minimum atomic E-state index is -0.419. The first-order valence-corrected chi connectivity index (χ1v) is 4.10. The molecule has 0 spiro atoms. The number of amides is 1. The van der Waals surface area contributed by atoms with Gasteiger partial charge < -0.3 is 5.73 Å². The average Bonchev–Trinajstić information content (AvgIpc) is 2.46. The Balaban J connectivity index is 2.70. The van der Waals surface area contributed by atoms with Crippen LogP contribution in [0.4, 0.5) is 0 Å². The Hall–Kier alpha value is -1.49. The van der Waals surface area contributed by atoms with E-state index < -0.39 is 5.91 Å². The summed E-state index contributed by atoms with van der Waals surface area (Å²) in [5.41, 5.74) is 5.10. The molecule has 12 heavy (non-hydrogen) atoms. The van der Waals surface area contributed by atoms with E-state index in [-0.39, 0.29) is 0 Å². The second-order valence-corrected chi connectivity index (χ2v) is 3.30. The number of fused-ring (bicyclic) bond motifs is 1. The summed E-state index contributed by atoms with van der Waals surface area (Å²) in [5, 5.41) is 8.45. The zero-order valence-electron chi connectivity index (χ0n) is 6.02. The molecule has 0 aliphatic heterocycles. The number of rotatable bonds is 1. The molecule has 2 aromatic heterocycles. The summed E-state index contributed by atoms with van der Waals surface area (Å²) in [4.78, 5) is 12.0. The number of thiophene rings is 1. The first-order chi connectivity index (χ1) is 5.77. The molecule has 1 amide bonds. The van der Waals surface area contributed by atoms with E-state index in [0.717, 1.165) is 10.2 Å². The van der Waals surface area contributed by atoms with Crippen molar-refractivity contribution in [2.24, 2.45) is 5.73 Å². The molecular weight excluding hydrogens is 174 g/mol. The number of nitrogens with zero attached hydrogens (tertiary/aromatic N) is 2. The Bertz CT molecular complexity index is 404. The van der Waals surface area contributed by atoms with Gasteiger partial charge in [0.15, 0.2) is 0 Å². The van der Waals surface area contributed by atoms with E-state index >= 15 is 0 Å². The monoisotopic (exact) mass is 179 g/mol. The Morgan fingerprint density at radius 3 is 3.08 bits per heavy atom. The molecular formula is C7H5N3OS. The van der Waals surface area contributed by atoms with E-state index in [9.17, 15) is 4.79 Å². The second-order valence-electron chi connectivity index (χ2n) is 2.27. The number of carbonyl (C=O) groups is 1. The van der Waals surface area contributed by atoms with E-state index in [0.29, 0.717) is 4.88 Å². The second kappa shape index (κ2) is 2.53. The SMILES string of the molecule is NC(=O)c1cc2ccnnc2s1. The highest BCUT2D eigenvalue weighted by Crippen LogP contribution is 2.21. The lowest BCUT2D eigenvalue weighted by Crippen LogP contribution is -2.07. The van der Waals surface area contributed by atoms with E-state index in [4.69, 9.17) is 5.73 Å². The lowest BCUT2D eigenvalue weighted by Gasteiger charge is -1.80. The van der Waals surface area contributed by atoms with Gasteiger partial charge in [0, 0.05) is 5.39 Å². The molecule has 2 rings (SSSR count). The van der Waals surface area contributed by atoms with Crippen LogP contribution in [-0.2, 0) is 0 Å². The summed E-state index contributed by atoms with van der Waals surface area (Å²) in [6.45, 7) is 0. The number of hydrogen-bond acceptors (Lipinski definition) is 4. The number of nitrogens with two attached hydrogens (primary N) is 1. The van der Waals surface area contributed by atoms with Crippen molar-refractivity contribution in [2.75, 3.05) is 0 Å². The minimum Gasteiger partial charge on any atom is -0.365 e. The average molecular weight is 179 g/mol. The maximum atomic E-state index is 10.8. The lowest BCUT2D eigenvalue weighted by atomic mass is 10.3. The molecule has 0 fully saturated rings. The fourth-order valence-electron chi connectivity index (χ4n) is 0.914. The number of carbonyl (C=O) groups excluding carboxylic acids is 1. The first kappa shape index (κ1) is 7.17. The Labute approximate surface area is 72.0 Å². The molecule has 0 bridgehead atoms. The van der Waals surface area contributed by atoms with Gasteiger partial charge >= 0.3 is 0 Å². The van der Waals surface area contributed by atoms with Crippen molar-refractivity contribution in [3.05, 3.63) is 23.2 Å². The van der Waals surface area contributed by atoms with E-state index in [2.05, 4.69) is 10.2 Å². The van der Waals surface area contributed by atoms with Crippen molar-refractivity contribution in [1.82, 2.24) is 10.2 Å². The van der Waals surface area contributed by atoms with Crippen LogP contribution in [0.25, 0.3) is 10.2 Å². The summed E-state index contributed by atoms with van der Waals surface area (Å²) in [6, 6.07) is 3.52. The highest BCUT2D eigenvalue weighted by molar-refractivity contribution is 7.20. The van der Waals surface area contributed by atoms with Gasteiger partial charge in [-0.1, -0.05) is 0 Å². The zero-order valence-corrected chi connectivity index (χ0v) is 6.84. The third kappa shape index (κ3) is 1.04. The molecule has 0 saturated heterocycles. The van der Waals surface area contributed by atoms with Crippen LogP contribution >= 0.6 is 11.3 Å². The van der Waals surface area contributed by atoms with Gasteiger partial charge in [-0.15, -0.1) is 16.4 Å². The van der Waals surface area contributed by atoms with Crippen molar-refractivity contribution in [3.63, 3.8) is 0 Å². The van der Waals surface area contributed by atoms with Crippen LogP contribution in [0.3, 0.4) is 0 Å². The Kier molecular flexibility index (Phi) is 1.51. The van der Waals surface area contributed by atoms with Crippen LogP contribution in [0.5, 0.6) is 0 Å². The zero-order chi connectivity index (χ0) is 8.55. The molecule has 0 unspecified atom stereocenters. The summed E-state index contributed by atoms with van der Waals surface area (Å²) in [6.07, 6.45) is 1.58. The van der Waals surface area contributed by atoms with Crippen LogP contribution in [0.1, 0.15) is 9.67 Å². The smallest absolute Gasteiger partial charge is 0.258 e. The first-order valence-electron chi connectivity index (χ1n) is 3.28. The predicted molar refractivity (Wildman–Crippen MR) is 45.9 cm³/mol. The molecule has 0 aliphatic carbocycles. The molecule has 4 nitrogen and oxygen atoms in total. The summed E-state index contributed by atoms with van der Waals surface area (Å²) in [7, 11) is 0. The van der Waals surface area contributed by atoms with Gasteiger partial charge in [-0.3, -0.25) is 4.79 Å². The van der Waals surface area contributed by atoms with Gasteiger partial charge in [0.05, 0.1) is 11.1 Å². The molecule has 60 valence electrons. The molecule has 0 radical (unpaired) electrons. The Morgan fingerprint density at radius 2 is 2.42 bits per heavy atom. The lowest BCUT2D eigenvalue weighted by molar-refractivity contribution is 0.100. The quantitative estimate of drug-likeness (QED) is 0.703. The standard InChI is InChI=1S/C7H5N3OS/c8-6(11)5-3-4-1-2-9-10-7(4)12-5/h1-3H,(H2,8,11). The van der Waals surface area contributed by atoms with Gasteiger partial charge in [-0.05, 0) is 12.1 Å². The van der Waals surface area contributed by atoms with E-state index in [1.165, 1.54) is 11.3 Å². The van der Waals surface area contributed by atoms with Crippen molar-refractivity contribution in [2.45, 2.75) is 0 Å². The van der Waals surface area contributed by atoms with Crippen molar-refractivity contribution in [1.29, 1.82) is 0 Å². The van der Waals surface area contributed by atoms with Gasteiger partial charge in [-0.25, -0.2) is 0 Å². The number of hydrogen-bond donors (Lipinski definition) is 1. The van der Waals surface area contributed by atoms with Gasteiger partial charge in [-0.2, -0.15) is 5.10 Å². The van der Waals surface area contributed by atoms with Gasteiger partial charge in [0.1, 0.15) is 4.83 Å². The van der Waals surface area contributed by atoms with Crippen molar-refractivity contribution >= 4 is 27.5 Å². The highest BCUT2D eigenvalue weighted by Gasteiger charge is 2.06. The minimum absolute atomic E-state index is 0.419. The van der Waals surface area contributed by atoms with Crippen LogP contribution in [0.2, 0.25) is 0 Å². The summed E-state index contributed by atoms with van der Waals surface area (Å²) in [5.74, 6) is -0.419. The van der Waals surface area contributed by atoms with Crippen LogP contribution < -0.4 is 5.73 Å². The molecule has 2 heterocycles. The maximum Gasteiger partial charge on any atom is 0.258 e. The fourth-order valence-corrected chi connectivity index (χ4v) is 1.74. The molecule has 5 heteroatoms. The maximum absolute atomic E-state index is 10.8. The van der Waals surface area contributed by atoms with Crippen LogP contribution in [-0.4, -0.2) is 16.1 Å². The van der Waals surface area contributed by atoms with Crippen molar-refractivity contribution < 1.29 is 4.79 Å². The fraction of sp³-hybridized carbons (Fsp3) is 0. The Morgan fingerprint density at radius 1 is 1.58 bits per heavy atom. The molecule has 2 aromatic rings. The topological polar surface area (TPSA) is 68.9 Å².